The molecule has 0 N–H and O–H groups in total. The van der Waals surface area contributed by atoms with E-state index in [-0.39, 0.29) is 5.41 Å². The van der Waals surface area contributed by atoms with Gasteiger partial charge in [0.15, 0.2) is 0 Å². The van der Waals surface area contributed by atoms with E-state index in [1.54, 1.807) is 0 Å². The Morgan fingerprint density at radius 3 is 2.48 bits per heavy atom. The van der Waals surface area contributed by atoms with Crippen molar-refractivity contribution in [2.45, 2.75) is 32.6 Å². The summed E-state index contributed by atoms with van der Waals surface area (Å²) < 4.78 is 0. The molecular weight excluding hydrogens is 252 g/mol. The molecule has 104 valence electrons. The Morgan fingerprint density at radius 1 is 0.905 bits per heavy atom. The highest BCUT2D eigenvalue weighted by Crippen LogP contribution is 2.52. The van der Waals surface area contributed by atoms with Crippen LogP contribution in [0.25, 0.3) is 21.9 Å². The van der Waals surface area contributed by atoms with Crippen molar-refractivity contribution in [3.63, 3.8) is 0 Å². The van der Waals surface area contributed by atoms with Crippen molar-refractivity contribution < 1.29 is 0 Å². The van der Waals surface area contributed by atoms with Gasteiger partial charge >= 0.3 is 0 Å². The Labute approximate surface area is 126 Å². The van der Waals surface area contributed by atoms with Gasteiger partial charge in [-0.3, -0.25) is 0 Å². The maximum atomic E-state index is 2.39. The molecule has 0 spiro atoms. The van der Waals surface area contributed by atoms with Gasteiger partial charge in [-0.25, -0.2) is 0 Å². The van der Waals surface area contributed by atoms with E-state index < -0.39 is 0 Å². The predicted molar refractivity (Wildman–Crippen MR) is 90.9 cm³/mol. The summed E-state index contributed by atoms with van der Waals surface area (Å²) >= 11 is 0. The van der Waals surface area contributed by atoms with Crippen LogP contribution in [0.1, 0.15) is 37.0 Å². The summed E-state index contributed by atoms with van der Waals surface area (Å²) in [7, 11) is 0. The van der Waals surface area contributed by atoms with Crippen LogP contribution >= 0.6 is 0 Å². The molecule has 0 heterocycles. The van der Waals surface area contributed by atoms with Crippen LogP contribution < -0.4 is 0 Å². The normalized spacial score (nSPS) is 19.6. The van der Waals surface area contributed by atoms with E-state index in [9.17, 15) is 0 Å². The monoisotopic (exact) mass is 272 g/mol. The quantitative estimate of drug-likeness (QED) is 0.521. The molecule has 21 heavy (non-hydrogen) atoms. The van der Waals surface area contributed by atoms with Gasteiger partial charge in [0.1, 0.15) is 0 Å². The SMILES string of the molecule is CCC1(C)c2ccc(C)cc2-c2c1ccc1ccccc21. The van der Waals surface area contributed by atoms with Gasteiger partial charge in [-0.2, -0.15) is 0 Å². The van der Waals surface area contributed by atoms with E-state index in [1.165, 1.54) is 38.6 Å². The zero-order valence-electron chi connectivity index (χ0n) is 12.9. The first-order valence-electron chi connectivity index (χ1n) is 7.79. The summed E-state index contributed by atoms with van der Waals surface area (Å²) in [6, 6.07) is 20.3. The molecule has 1 aliphatic carbocycles. The lowest BCUT2D eigenvalue weighted by atomic mass is 9.77. The van der Waals surface area contributed by atoms with Gasteiger partial charge in [0, 0.05) is 5.41 Å². The van der Waals surface area contributed by atoms with Gasteiger partial charge < -0.3 is 0 Å². The highest BCUT2D eigenvalue weighted by atomic mass is 14.4. The van der Waals surface area contributed by atoms with Crippen LogP contribution in [0.2, 0.25) is 0 Å². The minimum absolute atomic E-state index is 0.141. The molecule has 1 aliphatic rings. The van der Waals surface area contributed by atoms with Crippen LogP contribution in [0.3, 0.4) is 0 Å². The topological polar surface area (TPSA) is 0 Å². The van der Waals surface area contributed by atoms with Crippen molar-refractivity contribution in [2.24, 2.45) is 0 Å². The second kappa shape index (κ2) is 4.21. The molecule has 0 bridgehead atoms. The second-order valence-corrected chi connectivity index (χ2v) is 6.44. The average molecular weight is 272 g/mol. The maximum absolute atomic E-state index is 2.39. The van der Waals surface area contributed by atoms with Crippen molar-refractivity contribution in [1.82, 2.24) is 0 Å². The van der Waals surface area contributed by atoms with E-state index in [4.69, 9.17) is 0 Å². The molecule has 0 heteroatoms. The first-order chi connectivity index (χ1) is 10.1. The van der Waals surface area contributed by atoms with E-state index in [1.807, 2.05) is 0 Å². The fourth-order valence-corrected chi connectivity index (χ4v) is 3.89. The highest BCUT2D eigenvalue weighted by Gasteiger charge is 2.38. The number of benzene rings is 3. The Bertz CT molecular complexity index is 857. The Kier molecular flexibility index (Phi) is 2.53. The molecule has 3 aromatic rings. The average Bonchev–Trinajstić information content (AvgIpc) is 2.77. The number of rotatable bonds is 1. The minimum atomic E-state index is 0.141. The number of fused-ring (bicyclic) bond motifs is 5. The Balaban J connectivity index is 2.20. The summed E-state index contributed by atoms with van der Waals surface area (Å²) in [6.45, 7) is 6.88. The Hall–Kier alpha value is -2.08. The second-order valence-electron chi connectivity index (χ2n) is 6.44. The first kappa shape index (κ1) is 12.6. The van der Waals surface area contributed by atoms with Gasteiger partial charge in [-0.15, -0.1) is 0 Å². The van der Waals surface area contributed by atoms with Crippen molar-refractivity contribution >= 4 is 10.8 Å². The van der Waals surface area contributed by atoms with Gasteiger partial charge in [0.05, 0.1) is 0 Å². The van der Waals surface area contributed by atoms with Gasteiger partial charge in [-0.1, -0.05) is 74.0 Å². The van der Waals surface area contributed by atoms with Gasteiger partial charge in [0.25, 0.3) is 0 Å². The highest BCUT2D eigenvalue weighted by molar-refractivity contribution is 6.02. The predicted octanol–water partition coefficient (Wildman–Crippen LogP) is 5.84. The van der Waals surface area contributed by atoms with E-state index >= 15 is 0 Å². The molecule has 0 amide bonds. The fourth-order valence-electron chi connectivity index (χ4n) is 3.89. The summed E-state index contributed by atoms with van der Waals surface area (Å²) in [4.78, 5) is 0. The molecule has 3 aromatic carbocycles. The lowest BCUT2D eigenvalue weighted by molar-refractivity contribution is 0.565. The molecule has 0 aromatic heterocycles. The molecule has 1 unspecified atom stereocenters. The van der Waals surface area contributed by atoms with Crippen molar-refractivity contribution in [2.75, 3.05) is 0 Å². The van der Waals surface area contributed by atoms with Gasteiger partial charge in [0.2, 0.25) is 0 Å². The number of hydrogen-bond acceptors (Lipinski definition) is 0. The molecule has 0 saturated carbocycles. The minimum Gasteiger partial charge on any atom is -0.0642 e. The van der Waals surface area contributed by atoms with E-state index in [2.05, 4.69) is 75.4 Å². The lowest BCUT2D eigenvalue weighted by Gasteiger charge is -2.25. The lowest BCUT2D eigenvalue weighted by Crippen LogP contribution is -2.19. The standard InChI is InChI=1S/C21H20/c1-4-21(3)18-11-9-14(2)13-17(18)20-16-8-6-5-7-15(16)10-12-19(20)21/h5-13H,4H2,1-3H3. The van der Waals surface area contributed by atoms with Crippen molar-refractivity contribution in [3.05, 3.63) is 71.3 Å². The largest absolute Gasteiger partial charge is 0.0642 e. The molecular formula is C21H20. The zero-order chi connectivity index (χ0) is 14.6. The van der Waals surface area contributed by atoms with E-state index in [0.717, 1.165) is 6.42 Å². The van der Waals surface area contributed by atoms with Gasteiger partial charge in [-0.05, 0) is 46.4 Å². The molecule has 4 rings (SSSR count). The molecule has 0 aliphatic heterocycles. The number of aryl methyl sites for hydroxylation is 1. The third-order valence-electron chi connectivity index (χ3n) is 5.27. The fraction of sp³-hybridized carbons (Fsp3) is 0.238. The molecule has 0 fully saturated rings. The zero-order valence-corrected chi connectivity index (χ0v) is 12.9. The van der Waals surface area contributed by atoms with Crippen molar-refractivity contribution in [1.29, 1.82) is 0 Å². The summed E-state index contributed by atoms with van der Waals surface area (Å²) in [5.41, 5.74) is 7.35. The number of hydrogen-bond donors (Lipinski definition) is 0. The summed E-state index contributed by atoms with van der Waals surface area (Å²) in [5, 5.41) is 2.73. The van der Waals surface area contributed by atoms with Crippen LogP contribution in [0.4, 0.5) is 0 Å². The maximum Gasteiger partial charge on any atom is 0.0184 e. The first-order valence-corrected chi connectivity index (χ1v) is 7.79. The van der Waals surface area contributed by atoms with E-state index in [0.29, 0.717) is 0 Å². The van der Waals surface area contributed by atoms with Crippen LogP contribution in [-0.2, 0) is 5.41 Å². The molecule has 0 radical (unpaired) electrons. The van der Waals surface area contributed by atoms with Crippen LogP contribution in [0.5, 0.6) is 0 Å². The third kappa shape index (κ3) is 1.56. The molecule has 0 nitrogen and oxygen atoms in total. The summed E-state index contributed by atoms with van der Waals surface area (Å²) in [6.07, 6.45) is 1.13. The van der Waals surface area contributed by atoms with Crippen molar-refractivity contribution in [3.8, 4) is 11.1 Å². The molecule has 0 saturated heterocycles. The molecule has 1 atom stereocenters. The van der Waals surface area contributed by atoms with Crippen LogP contribution in [0.15, 0.2) is 54.6 Å². The Morgan fingerprint density at radius 2 is 1.67 bits per heavy atom. The third-order valence-corrected chi connectivity index (χ3v) is 5.27. The van der Waals surface area contributed by atoms with Crippen LogP contribution in [-0.4, -0.2) is 0 Å². The van der Waals surface area contributed by atoms with Crippen LogP contribution in [0, 0.1) is 6.92 Å². The smallest absolute Gasteiger partial charge is 0.0184 e. The summed E-state index contributed by atoms with van der Waals surface area (Å²) in [5.74, 6) is 0.